The molecule has 0 fully saturated rings. The van der Waals surface area contributed by atoms with E-state index < -0.39 is 15.3 Å². The Labute approximate surface area is 187 Å². The number of anilines is 1. The third kappa shape index (κ3) is 3.14. The van der Waals surface area contributed by atoms with Gasteiger partial charge in [0.05, 0.1) is 22.3 Å². The number of nitrogen functional groups attached to an aromatic ring is 1. The summed E-state index contributed by atoms with van der Waals surface area (Å²) in [5.74, 6) is 0.872. The topological polar surface area (TPSA) is 93.6 Å². The summed E-state index contributed by atoms with van der Waals surface area (Å²) < 4.78 is 27.2. The molecule has 0 bridgehead atoms. The van der Waals surface area contributed by atoms with Gasteiger partial charge in [-0.3, -0.25) is 4.99 Å². The third-order valence-corrected chi connectivity index (χ3v) is 8.07. The van der Waals surface area contributed by atoms with Gasteiger partial charge in [0.2, 0.25) is 16.0 Å². The Bertz CT molecular complexity index is 1400. The van der Waals surface area contributed by atoms with Gasteiger partial charge in [0.25, 0.3) is 0 Å². The monoisotopic (exact) mass is 447 g/mol. The predicted octanol–water partition coefficient (Wildman–Crippen LogP) is 4.17. The number of hydrogen-bond donors (Lipinski definition) is 1. The second kappa shape index (κ2) is 7.34. The number of amidine groups is 1. The van der Waals surface area contributed by atoms with E-state index in [1.807, 2.05) is 49.5 Å². The Morgan fingerprint density at radius 1 is 1.06 bits per heavy atom. The van der Waals surface area contributed by atoms with Gasteiger partial charge in [0.15, 0.2) is 0 Å². The first-order valence-corrected chi connectivity index (χ1v) is 12.1. The zero-order chi connectivity index (χ0) is 22.6. The largest absolute Gasteiger partial charge is 0.368 e. The van der Waals surface area contributed by atoms with Crippen LogP contribution in [0.1, 0.15) is 44.0 Å². The summed E-state index contributed by atoms with van der Waals surface area (Å²) in [6.07, 6.45) is 6.17. The summed E-state index contributed by atoms with van der Waals surface area (Å²) >= 11 is 0. The van der Waals surface area contributed by atoms with E-state index in [0.29, 0.717) is 11.0 Å². The lowest BCUT2D eigenvalue weighted by atomic mass is 9.93. The maximum Gasteiger partial charge on any atom is 0.244 e. The van der Waals surface area contributed by atoms with Crippen molar-refractivity contribution in [1.82, 2.24) is 13.9 Å². The molecule has 3 aromatic rings. The number of rotatable bonds is 4. The van der Waals surface area contributed by atoms with Gasteiger partial charge in [0.1, 0.15) is 11.9 Å². The van der Waals surface area contributed by atoms with E-state index in [0.717, 1.165) is 22.5 Å². The number of allylic oxidation sites excluding steroid dienone is 2. The van der Waals surface area contributed by atoms with E-state index >= 15 is 0 Å². The van der Waals surface area contributed by atoms with Gasteiger partial charge < -0.3 is 10.6 Å². The zero-order valence-corrected chi connectivity index (χ0v) is 19.0. The van der Waals surface area contributed by atoms with Gasteiger partial charge in [-0.2, -0.15) is 0 Å². The summed E-state index contributed by atoms with van der Waals surface area (Å²) in [4.78, 5) is 11.5. The Morgan fingerprint density at radius 2 is 1.81 bits per heavy atom. The number of nitrogens with zero attached hydrogens (tertiary/aromatic N) is 4. The molecule has 0 spiro atoms. The molecule has 2 atom stereocenters. The van der Waals surface area contributed by atoms with Gasteiger partial charge in [0, 0.05) is 6.20 Å². The minimum atomic E-state index is -3.66. The summed E-state index contributed by atoms with van der Waals surface area (Å²) in [5, 5.41) is -0.623. The molecular formula is C24H25N5O2S. The molecular weight excluding hydrogens is 422 g/mol. The molecule has 2 N–H and O–H groups in total. The highest BCUT2D eigenvalue weighted by molar-refractivity contribution is 7.90. The highest BCUT2D eigenvalue weighted by Crippen LogP contribution is 2.44. The predicted molar refractivity (Wildman–Crippen MR) is 128 cm³/mol. The lowest BCUT2D eigenvalue weighted by Crippen LogP contribution is -2.27. The molecule has 0 radical (unpaired) electrons. The lowest BCUT2D eigenvalue weighted by molar-refractivity contribution is 0.395. The molecule has 1 aromatic heterocycles. The Balaban J connectivity index is 1.69. The molecule has 0 saturated heterocycles. The average molecular weight is 448 g/mol. The summed E-state index contributed by atoms with van der Waals surface area (Å²) in [5.41, 5.74) is 10.3. The second-order valence-electron chi connectivity index (χ2n) is 8.48. The molecule has 8 heteroatoms. The number of imidazole rings is 1. The molecule has 2 aliphatic heterocycles. The highest BCUT2D eigenvalue weighted by Gasteiger charge is 2.38. The molecule has 3 heterocycles. The first kappa shape index (κ1) is 20.5. The Hall–Kier alpha value is -3.39. The molecule has 0 saturated carbocycles. The quantitative estimate of drug-likeness (QED) is 0.648. The van der Waals surface area contributed by atoms with Crippen molar-refractivity contribution in [3.63, 3.8) is 0 Å². The van der Waals surface area contributed by atoms with Gasteiger partial charge in [-0.15, -0.1) is 0 Å². The van der Waals surface area contributed by atoms with E-state index in [4.69, 9.17) is 10.7 Å². The fraction of sp³-hybridized carbons (Fsp3) is 0.250. The number of nitrogens with two attached hydrogens (primary N) is 1. The van der Waals surface area contributed by atoms with E-state index in [9.17, 15) is 8.42 Å². The van der Waals surface area contributed by atoms with Crippen molar-refractivity contribution in [2.24, 2.45) is 4.99 Å². The SMILES string of the molecule is CC1=CC2=NC(c3ccccc3)C(c3ccc4nc(N)n(S(=O)(=O)C(C)C)c4c3)N2C=C1. The number of hydrogen-bond acceptors (Lipinski definition) is 6. The van der Waals surface area contributed by atoms with Crippen molar-refractivity contribution >= 4 is 32.8 Å². The van der Waals surface area contributed by atoms with Crippen LogP contribution in [0.2, 0.25) is 0 Å². The van der Waals surface area contributed by atoms with Gasteiger partial charge >= 0.3 is 0 Å². The van der Waals surface area contributed by atoms with Crippen LogP contribution in [-0.4, -0.2) is 33.4 Å². The van der Waals surface area contributed by atoms with Crippen LogP contribution < -0.4 is 5.73 Å². The van der Waals surface area contributed by atoms with Crippen molar-refractivity contribution in [3.05, 3.63) is 83.6 Å². The first-order valence-electron chi connectivity index (χ1n) is 10.6. The van der Waals surface area contributed by atoms with Crippen molar-refractivity contribution in [2.75, 3.05) is 5.73 Å². The van der Waals surface area contributed by atoms with Crippen molar-refractivity contribution in [2.45, 2.75) is 38.1 Å². The van der Waals surface area contributed by atoms with Crippen LogP contribution in [0, 0.1) is 0 Å². The number of fused-ring (bicyclic) bond motifs is 2. The molecule has 164 valence electrons. The third-order valence-electron chi connectivity index (χ3n) is 5.98. The minimum absolute atomic E-state index is 0.0229. The fourth-order valence-electron chi connectivity index (χ4n) is 4.31. The second-order valence-corrected chi connectivity index (χ2v) is 10.8. The van der Waals surface area contributed by atoms with Crippen LogP contribution in [0.3, 0.4) is 0 Å². The molecule has 2 aromatic carbocycles. The van der Waals surface area contributed by atoms with E-state index in [-0.39, 0.29) is 18.0 Å². The van der Waals surface area contributed by atoms with Crippen LogP contribution in [-0.2, 0) is 10.0 Å². The number of aliphatic imine (C=N–C) groups is 1. The normalized spacial score (nSPS) is 20.6. The maximum absolute atomic E-state index is 13.0. The number of benzene rings is 2. The Morgan fingerprint density at radius 3 is 2.53 bits per heavy atom. The summed E-state index contributed by atoms with van der Waals surface area (Å²) in [6.45, 7) is 5.33. The average Bonchev–Trinajstić information content (AvgIpc) is 3.30. The summed E-state index contributed by atoms with van der Waals surface area (Å²) in [6, 6.07) is 15.6. The van der Waals surface area contributed by atoms with Crippen LogP contribution in [0.4, 0.5) is 5.95 Å². The number of aromatic nitrogens is 2. The smallest absolute Gasteiger partial charge is 0.244 e. The Kier molecular flexibility index (Phi) is 4.70. The van der Waals surface area contributed by atoms with Crippen molar-refractivity contribution < 1.29 is 8.42 Å². The van der Waals surface area contributed by atoms with Crippen LogP contribution in [0.25, 0.3) is 11.0 Å². The van der Waals surface area contributed by atoms with Gasteiger partial charge in [-0.05, 0) is 61.8 Å². The van der Waals surface area contributed by atoms with Crippen LogP contribution in [0.15, 0.2) is 77.4 Å². The molecule has 32 heavy (non-hydrogen) atoms. The van der Waals surface area contributed by atoms with E-state index in [2.05, 4.69) is 34.2 Å². The van der Waals surface area contributed by atoms with Crippen molar-refractivity contribution in [3.8, 4) is 0 Å². The van der Waals surface area contributed by atoms with Crippen molar-refractivity contribution in [1.29, 1.82) is 0 Å². The molecule has 0 aliphatic carbocycles. The zero-order valence-electron chi connectivity index (χ0n) is 18.2. The maximum atomic E-state index is 13.0. The lowest BCUT2D eigenvalue weighted by Gasteiger charge is -2.29. The van der Waals surface area contributed by atoms with Crippen LogP contribution in [0.5, 0.6) is 0 Å². The summed E-state index contributed by atoms with van der Waals surface area (Å²) in [7, 11) is -3.66. The van der Waals surface area contributed by atoms with Gasteiger partial charge in [-0.1, -0.05) is 36.4 Å². The van der Waals surface area contributed by atoms with E-state index in [1.165, 1.54) is 3.97 Å². The molecule has 2 unspecified atom stereocenters. The highest BCUT2D eigenvalue weighted by atomic mass is 32.2. The fourth-order valence-corrected chi connectivity index (χ4v) is 5.45. The molecule has 5 rings (SSSR count). The van der Waals surface area contributed by atoms with Crippen LogP contribution >= 0.6 is 0 Å². The molecule has 7 nitrogen and oxygen atoms in total. The molecule has 2 aliphatic rings. The minimum Gasteiger partial charge on any atom is -0.368 e. The molecule has 0 amide bonds. The standard InChI is InChI=1S/C24H25N5O2S/c1-15(2)32(30,31)29-20-14-18(9-10-19(20)26-24(29)25)23-22(17-7-5-4-6-8-17)27-21-13-16(3)11-12-28(21)23/h4-15,22-23H,1-3H3,(H2,25,26). The van der Waals surface area contributed by atoms with Gasteiger partial charge in [-0.25, -0.2) is 17.4 Å². The van der Waals surface area contributed by atoms with E-state index in [1.54, 1.807) is 13.8 Å². The first-order chi connectivity index (χ1) is 15.3.